The fourth-order valence-electron chi connectivity index (χ4n) is 1.21. The van der Waals surface area contributed by atoms with E-state index in [-0.39, 0.29) is 25.7 Å². The second-order valence-corrected chi connectivity index (χ2v) is 4.90. The number of rotatable bonds is 8. The van der Waals surface area contributed by atoms with E-state index in [1.54, 1.807) is 0 Å². The molecule has 0 aliphatic carbocycles. The molecule has 108 valence electrons. The number of azo groups is 1. The zero-order valence-electron chi connectivity index (χ0n) is 11.6. The molecule has 4 N–H and O–H groups in total. The van der Waals surface area contributed by atoms with Gasteiger partial charge in [0.2, 0.25) is 11.8 Å². The number of nitrogens with zero attached hydrogens (tertiary/aromatic N) is 4. The summed E-state index contributed by atoms with van der Waals surface area (Å²) in [4.78, 5) is 21.5. The third kappa shape index (κ3) is 6.45. The van der Waals surface area contributed by atoms with Gasteiger partial charge in [-0.1, -0.05) is 0 Å². The van der Waals surface area contributed by atoms with Crippen molar-refractivity contribution in [1.82, 2.24) is 0 Å². The summed E-state index contributed by atoms with van der Waals surface area (Å²) in [6, 6.07) is 3.85. The molecule has 2 unspecified atom stereocenters. The number of carbonyl (C=O) groups is 2. The lowest BCUT2D eigenvalue weighted by Crippen LogP contribution is -2.26. The van der Waals surface area contributed by atoms with Gasteiger partial charge in [-0.15, -0.1) is 0 Å². The molecule has 2 atom stereocenters. The predicted octanol–water partition coefficient (Wildman–Crippen LogP) is 0.534. The Bertz CT molecular complexity index is 445. The van der Waals surface area contributed by atoms with Gasteiger partial charge in [-0.25, -0.2) is 0 Å². The minimum absolute atomic E-state index is 0.00632. The molecule has 8 nitrogen and oxygen atoms in total. The Morgan fingerprint density at radius 2 is 1.25 bits per heavy atom. The average molecular weight is 278 g/mol. The Labute approximate surface area is 117 Å². The Morgan fingerprint density at radius 3 is 1.45 bits per heavy atom. The van der Waals surface area contributed by atoms with Crippen LogP contribution in [-0.4, -0.2) is 22.9 Å². The number of hydrogen-bond donors (Lipinski definition) is 2. The number of hydrogen-bond acceptors (Lipinski definition) is 6. The van der Waals surface area contributed by atoms with Gasteiger partial charge in [0.15, 0.2) is 11.1 Å². The van der Waals surface area contributed by atoms with E-state index >= 15 is 0 Å². The molecule has 0 saturated carbocycles. The Kier molecular flexibility index (Phi) is 6.30. The number of primary amides is 2. The normalized spacial score (nSPS) is 16.6. The van der Waals surface area contributed by atoms with Crippen LogP contribution >= 0.6 is 0 Å². The Hall–Kier alpha value is -2.48. The van der Waals surface area contributed by atoms with Gasteiger partial charge >= 0.3 is 0 Å². The van der Waals surface area contributed by atoms with Gasteiger partial charge in [-0.05, 0) is 26.7 Å². The van der Waals surface area contributed by atoms with Gasteiger partial charge in [0, 0.05) is 12.8 Å². The minimum Gasteiger partial charge on any atom is -0.370 e. The first-order chi connectivity index (χ1) is 9.16. The van der Waals surface area contributed by atoms with Crippen LogP contribution in [0.4, 0.5) is 0 Å². The molecule has 0 heterocycles. The monoisotopic (exact) mass is 278 g/mol. The SMILES string of the molecule is CC(C#N)(CCC(N)=O)/N=N/C(C)(C#N)CCC(N)=O. The third-order valence-corrected chi connectivity index (χ3v) is 2.69. The van der Waals surface area contributed by atoms with E-state index < -0.39 is 22.9 Å². The van der Waals surface area contributed by atoms with Crippen LogP contribution in [0.15, 0.2) is 10.2 Å². The molecule has 0 aromatic heterocycles. The zero-order chi connectivity index (χ0) is 15.8. The Morgan fingerprint density at radius 1 is 0.950 bits per heavy atom. The van der Waals surface area contributed by atoms with Crippen LogP contribution in [0, 0.1) is 22.7 Å². The molecule has 0 radical (unpaired) electrons. The number of carbonyl (C=O) groups excluding carboxylic acids is 2. The molecule has 0 aromatic rings. The summed E-state index contributed by atoms with van der Waals surface area (Å²) in [6.07, 6.45) is 0.209. The molecule has 0 spiro atoms. The van der Waals surface area contributed by atoms with Crippen LogP contribution in [-0.2, 0) is 9.59 Å². The molecule has 0 saturated heterocycles. The van der Waals surface area contributed by atoms with Crippen molar-refractivity contribution in [1.29, 1.82) is 10.5 Å². The number of amides is 2. The highest BCUT2D eigenvalue weighted by atomic mass is 16.1. The summed E-state index contributed by atoms with van der Waals surface area (Å²) in [5.41, 5.74) is 7.57. The molecule has 20 heavy (non-hydrogen) atoms. The van der Waals surface area contributed by atoms with Gasteiger partial charge in [-0.2, -0.15) is 20.8 Å². The first-order valence-electron chi connectivity index (χ1n) is 5.99. The Balaban J connectivity index is 4.92. The molecule has 0 aliphatic rings. The largest absolute Gasteiger partial charge is 0.370 e. The maximum atomic E-state index is 10.7. The standard InChI is InChI=1S/C12H18N6O2/c1-11(7-13,5-3-9(15)19)17-18-12(2,8-14)6-4-10(16)20/h3-6H2,1-2H3,(H2,15,19)(H2,16,20)/b18-17+. The maximum Gasteiger partial charge on any atom is 0.217 e. The van der Waals surface area contributed by atoms with Crippen molar-refractivity contribution in [2.45, 2.75) is 50.6 Å². The van der Waals surface area contributed by atoms with Crippen molar-refractivity contribution >= 4 is 11.8 Å². The summed E-state index contributed by atoms with van der Waals surface area (Å²) in [5, 5.41) is 25.8. The fraction of sp³-hybridized carbons (Fsp3) is 0.667. The van der Waals surface area contributed by atoms with Crippen molar-refractivity contribution in [2.75, 3.05) is 0 Å². The van der Waals surface area contributed by atoms with E-state index in [2.05, 4.69) is 10.2 Å². The first kappa shape index (κ1) is 17.5. The van der Waals surface area contributed by atoms with Crippen molar-refractivity contribution in [3.05, 3.63) is 0 Å². The van der Waals surface area contributed by atoms with Crippen LogP contribution < -0.4 is 11.5 Å². The lowest BCUT2D eigenvalue weighted by molar-refractivity contribution is -0.119. The lowest BCUT2D eigenvalue weighted by Gasteiger charge is -2.18. The zero-order valence-corrected chi connectivity index (χ0v) is 11.6. The van der Waals surface area contributed by atoms with Gasteiger partial charge in [0.1, 0.15) is 0 Å². The number of nitriles is 2. The van der Waals surface area contributed by atoms with Crippen LogP contribution in [0.3, 0.4) is 0 Å². The first-order valence-corrected chi connectivity index (χ1v) is 5.99. The van der Waals surface area contributed by atoms with Crippen LogP contribution in [0.25, 0.3) is 0 Å². The van der Waals surface area contributed by atoms with E-state index in [0.717, 1.165) is 0 Å². The van der Waals surface area contributed by atoms with Gasteiger partial charge < -0.3 is 11.5 Å². The third-order valence-electron chi connectivity index (χ3n) is 2.69. The average Bonchev–Trinajstić information content (AvgIpc) is 2.41. The molecule has 0 aromatic carbocycles. The molecule has 0 aliphatic heterocycles. The molecule has 8 heteroatoms. The highest BCUT2D eigenvalue weighted by Gasteiger charge is 2.28. The van der Waals surface area contributed by atoms with Gasteiger partial charge in [-0.3, -0.25) is 9.59 Å². The second-order valence-electron chi connectivity index (χ2n) is 4.90. The summed E-state index contributed by atoms with van der Waals surface area (Å²) in [5.74, 6) is -1.09. The van der Waals surface area contributed by atoms with Crippen molar-refractivity contribution < 1.29 is 9.59 Å². The van der Waals surface area contributed by atoms with E-state index in [4.69, 9.17) is 22.0 Å². The lowest BCUT2D eigenvalue weighted by atomic mass is 9.97. The van der Waals surface area contributed by atoms with Crippen LogP contribution in [0.5, 0.6) is 0 Å². The highest BCUT2D eigenvalue weighted by Crippen LogP contribution is 2.23. The molecular formula is C12H18N6O2. The molecule has 2 amide bonds. The minimum atomic E-state index is -1.24. The fourth-order valence-corrected chi connectivity index (χ4v) is 1.21. The van der Waals surface area contributed by atoms with Gasteiger partial charge in [0.05, 0.1) is 12.1 Å². The molecule has 0 bridgehead atoms. The van der Waals surface area contributed by atoms with E-state index in [1.165, 1.54) is 13.8 Å². The van der Waals surface area contributed by atoms with Crippen molar-refractivity contribution in [2.24, 2.45) is 21.7 Å². The van der Waals surface area contributed by atoms with E-state index in [1.807, 2.05) is 12.1 Å². The van der Waals surface area contributed by atoms with Crippen LogP contribution in [0.2, 0.25) is 0 Å². The topological polar surface area (TPSA) is 158 Å². The quantitative estimate of drug-likeness (QED) is 0.620. The van der Waals surface area contributed by atoms with Gasteiger partial charge in [0.25, 0.3) is 0 Å². The summed E-state index contributed by atoms with van der Waals surface area (Å²) >= 11 is 0. The summed E-state index contributed by atoms with van der Waals surface area (Å²) < 4.78 is 0. The second kappa shape index (κ2) is 7.19. The highest BCUT2D eigenvalue weighted by molar-refractivity contribution is 5.74. The van der Waals surface area contributed by atoms with Crippen molar-refractivity contribution in [3.63, 3.8) is 0 Å². The molecular weight excluding hydrogens is 260 g/mol. The van der Waals surface area contributed by atoms with Crippen molar-refractivity contribution in [3.8, 4) is 12.1 Å². The van der Waals surface area contributed by atoms with E-state index in [0.29, 0.717) is 0 Å². The predicted molar refractivity (Wildman–Crippen MR) is 69.7 cm³/mol. The maximum absolute atomic E-state index is 10.7. The van der Waals surface area contributed by atoms with Crippen LogP contribution in [0.1, 0.15) is 39.5 Å². The molecule has 0 fully saturated rings. The molecule has 0 rings (SSSR count). The summed E-state index contributed by atoms with van der Waals surface area (Å²) in [6.45, 7) is 2.98. The smallest absolute Gasteiger partial charge is 0.217 e. The van der Waals surface area contributed by atoms with E-state index in [9.17, 15) is 9.59 Å². The summed E-state index contributed by atoms with van der Waals surface area (Å²) in [7, 11) is 0. The number of nitrogens with two attached hydrogens (primary N) is 2.